The zero-order valence-corrected chi connectivity index (χ0v) is 15.5. The Morgan fingerprint density at radius 1 is 1.38 bits per heavy atom. The quantitative estimate of drug-likeness (QED) is 0.705. The molecule has 0 bridgehead atoms. The zero-order valence-electron chi connectivity index (χ0n) is 13.2. The molecule has 2 heterocycles. The molecule has 26 heavy (non-hydrogen) atoms. The Labute approximate surface area is 160 Å². The second kappa shape index (κ2) is 7.55. The normalized spacial score (nSPS) is 16.1. The van der Waals surface area contributed by atoms with E-state index in [1.165, 1.54) is 19.2 Å². The second-order valence-electron chi connectivity index (χ2n) is 5.16. The number of methoxy groups -OCH3 is 1. The van der Waals surface area contributed by atoms with Crippen molar-refractivity contribution in [3.05, 3.63) is 56.6 Å². The number of ether oxygens (including phenoxy) is 1. The molecule has 10 heteroatoms. The van der Waals surface area contributed by atoms with E-state index in [2.05, 4.69) is 31.4 Å². The van der Waals surface area contributed by atoms with Crippen molar-refractivity contribution in [3.8, 4) is 5.88 Å². The molecule has 6 nitrogen and oxygen atoms in total. The minimum absolute atomic E-state index is 0.0278. The largest absolute Gasteiger partial charge is 0.480 e. The van der Waals surface area contributed by atoms with Crippen LogP contribution in [0.3, 0.4) is 0 Å². The van der Waals surface area contributed by atoms with Gasteiger partial charge in [-0.05, 0) is 46.3 Å². The number of Topliss-reactive ketones (excluding diaryl/α,β-unsaturated/α-hetero) is 1. The number of alkyl halides is 2. The Hall–Kier alpha value is -2.26. The fraction of sp³-hybridized carbons (Fsp3) is 0.188. The van der Waals surface area contributed by atoms with Crippen molar-refractivity contribution < 1.29 is 23.1 Å². The molecule has 0 saturated carbocycles. The third kappa shape index (κ3) is 3.63. The van der Waals surface area contributed by atoms with Crippen LogP contribution in [0.2, 0.25) is 5.02 Å². The molecule has 0 fully saturated rings. The number of nitrogens with zero attached hydrogens (tertiary/aromatic N) is 2. The summed E-state index contributed by atoms with van der Waals surface area (Å²) in [6, 6.07) is 6.98. The summed E-state index contributed by atoms with van der Waals surface area (Å²) in [6.45, 7) is 0. The van der Waals surface area contributed by atoms with Crippen molar-refractivity contribution in [1.29, 1.82) is 0 Å². The van der Waals surface area contributed by atoms with E-state index in [1.54, 1.807) is 12.1 Å². The number of benzene rings is 1. The van der Waals surface area contributed by atoms with Crippen molar-refractivity contribution in [2.75, 3.05) is 7.11 Å². The summed E-state index contributed by atoms with van der Waals surface area (Å²) in [4.78, 5) is 21.8. The number of ketones is 1. The number of nitrogens with one attached hydrogen (secondary N) is 1. The molecule has 0 amide bonds. The Morgan fingerprint density at radius 3 is 2.85 bits per heavy atom. The summed E-state index contributed by atoms with van der Waals surface area (Å²) in [6.07, 6.45) is -3.95. The van der Waals surface area contributed by atoms with Crippen LogP contribution in [0.25, 0.3) is 0 Å². The molecule has 1 unspecified atom stereocenters. The predicted octanol–water partition coefficient (Wildman–Crippen LogP) is 3.93. The van der Waals surface area contributed by atoms with Crippen LogP contribution in [0.5, 0.6) is 5.88 Å². The van der Waals surface area contributed by atoms with Gasteiger partial charge in [0.05, 0.1) is 11.6 Å². The van der Waals surface area contributed by atoms with Crippen LogP contribution in [0.1, 0.15) is 28.0 Å². The lowest BCUT2D eigenvalue weighted by molar-refractivity contribution is 0.0500. The SMILES string of the molecule is COc1nc(C2=NOC(C(=O)c3ccc(Cl)c(C(F)F)c3)N2)ccc1Br. The van der Waals surface area contributed by atoms with Crippen molar-refractivity contribution in [2.45, 2.75) is 12.7 Å². The zero-order chi connectivity index (χ0) is 18.8. The number of aromatic nitrogens is 1. The topological polar surface area (TPSA) is 72.8 Å². The van der Waals surface area contributed by atoms with E-state index in [0.717, 1.165) is 6.07 Å². The molecule has 3 rings (SSSR count). The summed E-state index contributed by atoms with van der Waals surface area (Å²) < 4.78 is 31.6. The van der Waals surface area contributed by atoms with E-state index >= 15 is 0 Å². The van der Waals surface area contributed by atoms with Gasteiger partial charge < -0.3 is 14.9 Å². The Morgan fingerprint density at radius 2 is 2.15 bits per heavy atom. The smallest absolute Gasteiger partial charge is 0.265 e. The lowest BCUT2D eigenvalue weighted by Gasteiger charge is -2.11. The van der Waals surface area contributed by atoms with E-state index in [4.69, 9.17) is 21.2 Å². The van der Waals surface area contributed by atoms with E-state index in [0.29, 0.717) is 16.0 Å². The number of hydrogen-bond donors (Lipinski definition) is 1. The van der Waals surface area contributed by atoms with Gasteiger partial charge in [0.25, 0.3) is 12.7 Å². The highest BCUT2D eigenvalue weighted by atomic mass is 79.9. The molecular weight excluding hydrogens is 436 g/mol. The molecule has 1 aromatic heterocycles. The maximum atomic E-state index is 12.9. The van der Waals surface area contributed by atoms with Crippen molar-refractivity contribution >= 4 is 39.1 Å². The summed E-state index contributed by atoms with van der Waals surface area (Å²) in [5, 5.41) is 6.44. The average Bonchev–Trinajstić information content (AvgIpc) is 3.11. The summed E-state index contributed by atoms with van der Waals surface area (Å²) >= 11 is 9.00. The van der Waals surface area contributed by atoms with Crippen molar-refractivity contribution in [2.24, 2.45) is 5.16 Å². The van der Waals surface area contributed by atoms with Crippen molar-refractivity contribution in [3.63, 3.8) is 0 Å². The molecule has 1 N–H and O–H groups in total. The number of hydrogen-bond acceptors (Lipinski definition) is 6. The number of halogens is 4. The first-order chi connectivity index (χ1) is 12.4. The van der Waals surface area contributed by atoms with Crippen LogP contribution in [0.4, 0.5) is 8.78 Å². The molecule has 1 aromatic carbocycles. The number of carbonyl (C=O) groups is 1. The highest BCUT2D eigenvalue weighted by Crippen LogP contribution is 2.28. The molecule has 136 valence electrons. The van der Waals surface area contributed by atoms with Gasteiger partial charge in [-0.2, -0.15) is 0 Å². The molecule has 0 radical (unpaired) electrons. The van der Waals surface area contributed by atoms with Crippen LogP contribution in [-0.2, 0) is 4.84 Å². The highest BCUT2D eigenvalue weighted by molar-refractivity contribution is 9.10. The lowest BCUT2D eigenvalue weighted by Crippen LogP contribution is -2.37. The summed E-state index contributed by atoms with van der Waals surface area (Å²) in [5.74, 6) is -0.00959. The van der Waals surface area contributed by atoms with Gasteiger partial charge in [0.2, 0.25) is 11.7 Å². The Bertz CT molecular complexity index is 895. The predicted molar refractivity (Wildman–Crippen MR) is 93.8 cm³/mol. The maximum Gasteiger partial charge on any atom is 0.265 e. The van der Waals surface area contributed by atoms with Crippen LogP contribution >= 0.6 is 27.5 Å². The van der Waals surface area contributed by atoms with Gasteiger partial charge in [0.15, 0.2) is 5.84 Å². The van der Waals surface area contributed by atoms with Gasteiger partial charge in [-0.1, -0.05) is 16.8 Å². The molecule has 1 aliphatic rings. The number of amidine groups is 1. The molecular formula is C16H11BrClF2N3O3. The van der Waals surface area contributed by atoms with E-state index in [9.17, 15) is 13.6 Å². The monoisotopic (exact) mass is 445 g/mol. The van der Waals surface area contributed by atoms with Crippen LogP contribution in [-0.4, -0.2) is 29.9 Å². The van der Waals surface area contributed by atoms with Gasteiger partial charge in [-0.25, -0.2) is 13.8 Å². The van der Waals surface area contributed by atoms with Crippen LogP contribution in [0, 0.1) is 0 Å². The van der Waals surface area contributed by atoms with Gasteiger partial charge in [0.1, 0.15) is 5.69 Å². The standard InChI is InChI=1S/C16H11BrClF2N3O3/c1-25-15-9(17)3-5-11(21-15)14-22-16(26-23-14)12(24)7-2-4-10(18)8(6-7)13(19)20/h2-6,13,16H,1H3,(H,22,23). The van der Waals surface area contributed by atoms with Gasteiger partial charge >= 0.3 is 0 Å². The second-order valence-corrected chi connectivity index (χ2v) is 6.42. The Balaban J connectivity index is 1.78. The van der Waals surface area contributed by atoms with Gasteiger partial charge in [0, 0.05) is 16.1 Å². The third-order valence-electron chi connectivity index (χ3n) is 3.52. The third-order valence-corrected chi connectivity index (χ3v) is 4.47. The maximum absolute atomic E-state index is 12.9. The van der Waals surface area contributed by atoms with E-state index in [-0.39, 0.29) is 16.4 Å². The first kappa shape index (κ1) is 18.5. The minimum atomic E-state index is -2.79. The van der Waals surface area contributed by atoms with Gasteiger partial charge in [-0.3, -0.25) is 4.79 Å². The molecule has 0 spiro atoms. The number of rotatable bonds is 5. The number of oxime groups is 1. The molecule has 0 aliphatic carbocycles. The molecule has 1 aliphatic heterocycles. The Kier molecular flexibility index (Phi) is 5.38. The molecule has 1 atom stereocenters. The number of carbonyl (C=O) groups excluding carboxylic acids is 1. The van der Waals surface area contributed by atoms with Crippen LogP contribution in [0.15, 0.2) is 40.0 Å². The first-order valence-electron chi connectivity index (χ1n) is 7.23. The lowest BCUT2D eigenvalue weighted by atomic mass is 10.1. The molecule has 0 saturated heterocycles. The fourth-order valence-corrected chi connectivity index (χ4v) is 2.81. The van der Waals surface area contributed by atoms with Gasteiger partial charge in [-0.15, -0.1) is 0 Å². The van der Waals surface area contributed by atoms with Crippen molar-refractivity contribution in [1.82, 2.24) is 10.3 Å². The molecule has 2 aromatic rings. The first-order valence-corrected chi connectivity index (χ1v) is 8.41. The minimum Gasteiger partial charge on any atom is -0.480 e. The van der Waals surface area contributed by atoms with Crippen LogP contribution < -0.4 is 10.1 Å². The van der Waals surface area contributed by atoms with E-state index < -0.39 is 24.0 Å². The van der Waals surface area contributed by atoms with E-state index in [1.807, 2.05) is 0 Å². The summed E-state index contributed by atoms with van der Waals surface area (Å²) in [7, 11) is 1.46. The number of pyridine rings is 1. The highest BCUT2D eigenvalue weighted by Gasteiger charge is 2.30. The summed E-state index contributed by atoms with van der Waals surface area (Å²) in [5.41, 5.74) is 0.000638. The fourth-order valence-electron chi connectivity index (χ4n) is 2.23. The average molecular weight is 447 g/mol.